The summed E-state index contributed by atoms with van der Waals surface area (Å²) in [6, 6.07) is 5.71. The van der Waals surface area contributed by atoms with E-state index < -0.39 is 17.5 Å². The maximum absolute atomic E-state index is 12.9. The van der Waals surface area contributed by atoms with Gasteiger partial charge in [-0.2, -0.15) is 0 Å². The third-order valence-electron chi connectivity index (χ3n) is 3.75. The van der Waals surface area contributed by atoms with Crippen LogP contribution in [0, 0.1) is 5.82 Å². The van der Waals surface area contributed by atoms with Gasteiger partial charge < -0.3 is 20.7 Å². The van der Waals surface area contributed by atoms with Crippen LogP contribution in [-0.4, -0.2) is 42.6 Å². The van der Waals surface area contributed by atoms with Gasteiger partial charge in [0.25, 0.3) is 0 Å². The lowest BCUT2D eigenvalue weighted by molar-refractivity contribution is -0.123. The lowest BCUT2D eigenvalue weighted by Gasteiger charge is -2.40. The number of amides is 2. The molecule has 1 saturated heterocycles. The molecule has 0 aliphatic carbocycles. The Labute approximate surface area is 122 Å². The van der Waals surface area contributed by atoms with Crippen LogP contribution in [0.1, 0.15) is 12.8 Å². The lowest BCUT2D eigenvalue weighted by Crippen LogP contribution is -2.57. The Morgan fingerprint density at radius 2 is 1.86 bits per heavy atom. The number of carbonyl (C=O) groups is 2. The van der Waals surface area contributed by atoms with Crippen molar-refractivity contribution < 1.29 is 18.7 Å². The predicted octanol–water partition coefficient (Wildman–Crippen LogP) is 1.32. The fourth-order valence-corrected chi connectivity index (χ4v) is 2.44. The number of benzene rings is 1. The molecule has 0 bridgehead atoms. The lowest BCUT2D eigenvalue weighted by atomic mass is 9.86. The zero-order valence-corrected chi connectivity index (χ0v) is 11.8. The van der Waals surface area contributed by atoms with Crippen LogP contribution in [0.5, 0.6) is 0 Å². The van der Waals surface area contributed by atoms with Crippen LogP contribution in [0.4, 0.5) is 14.9 Å². The fraction of sp³-hybridized carbons (Fsp3) is 0.429. The van der Waals surface area contributed by atoms with Crippen LogP contribution < -0.4 is 11.1 Å². The van der Waals surface area contributed by atoms with Crippen LogP contribution in [-0.2, 0) is 9.53 Å². The number of halogens is 1. The Kier molecular flexibility index (Phi) is 4.30. The molecule has 1 aliphatic heterocycles. The Hall–Kier alpha value is -2.31. The number of ether oxygens (including phenoxy) is 1. The van der Waals surface area contributed by atoms with Gasteiger partial charge in [-0.3, -0.25) is 4.79 Å². The molecule has 1 aromatic carbocycles. The number of nitrogens with one attached hydrogen (secondary N) is 1. The highest BCUT2D eigenvalue weighted by Gasteiger charge is 2.41. The van der Waals surface area contributed by atoms with E-state index in [9.17, 15) is 14.0 Å². The molecule has 0 radical (unpaired) electrons. The van der Waals surface area contributed by atoms with Gasteiger partial charge in [0.1, 0.15) is 11.4 Å². The highest BCUT2D eigenvalue weighted by atomic mass is 19.1. The third kappa shape index (κ3) is 3.24. The SMILES string of the molecule is COC(=O)N1CCC(Nc2ccc(F)cc2)(C(N)=O)CC1. The summed E-state index contributed by atoms with van der Waals surface area (Å²) in [6.45, 7) is 0.730. The van der Waals surface area contributed by atoms with Crippen molar-refractivity contribution in [3.8, 4) is 0 Å². The van der Waals surface area contributed by atoms with Gasteiger partial charge in [-0.15, -0.1) is 0 Å². The highest BCUT2D eigenvalue weighted by Crippen LogP contribution is 2.27. The van der Waals surface area contributed by atoms with Crippen molar-refractivity contribution in [2.24, 2.45) is 5.73 Å². The molecule has 6 nitrogen and oxygen atoms in total. The number of anilines is 1. The summed E-state index contributed by atoms with van der Waals surface area (Å²) in [5.41, 5.74) is 5.19. The molecule has 1 aromatic rings. The molecule has 0 spiro atoms. The molecule has 114 valence electrons. The molecule has 21 heavy (non-hydrogen) atoms. The van der Waals surface area contributed by atoms with Gasteiger partial charge in [-0.05, 0) is 37.1 Å². The maximum Gasteiger partial charge on any atom is 0.409 e. The van der Waals surface area contributed by atoms with E-state index in [0.29, 0.717) is 31.6 Å². The van der Waals surface area contributed by atoms with Crippen LogP contribution in [0.2, 0.25) is 0 Å². The van der Waals surface area contributed by atoms with E-state index in [2.05, 4.69) is 10.1 Å². The van der Waals surface area contributed by atoms with Crippen molar-refractivity contribution in [2.45, 2.75) is 18.4 Å². The number of methoxy groups -OCH3 is 1. The summed E-state index contributed by atoms with van der Waals surface area (Å²) in [5.74, 6) is -0.842. The van der Waals surface area contributed by atoms with E-state index in [1.807, 2.05) is 0 Å². The van der Waals surface area contributed by atoms with Gasteiger partial charge in [-0.25, -0.2) is 9.18 Å². The maximum atomic E-state index is 12.9. The van der Waals surface area contributed by atoms with Gasteiger partial charge in [0.15, 0.2) is 0 Å². The van der Waals surface area contributed by atoms with Crippen molar-refractivity contribution in [1.29, 1.82) is 0 Å². The average molecular weight is 295 g/mol. The number of likely N-dealkylation sites (tertiary alicyclic amines) is 1. The van der Waals surface area contributed by atoms with Gasteiger partial charge in [0.05, 0.1) is 7.11 Å². The Bertz CT molecular complexity index is 525. The summed E-state index contributed by atoms with van der Waals surface area (Å²) < 4.78 is 17.6. The van der Waals surface area contributed by atoms with E-state index in [-0.39, 0.29) is 5.82 Å². The number of primary amides is 1. The second kappa shape index (κ2) is 5.99. The molecule has 1 heterocycles. The smallest absolute Gasteiger partial charge is 0.409 e. The summed E-state index contributed by atoms with van der Waals surface area (Å²) in [4.78, 5) is 24.8. The topological polar surface area (TPSA) is 84.7 Å². The Morgan fingerprint density at radius 3 is 2.33 bits per heavy atom. The van der Waals surface area contributed by atoms with Crippen molar-refractivity contribution >= 4 is 17.7 Å². The molecule has 0 aromatic heterocycles. The minimum atomic E-state index is -0.942. The van der Waals surface area contributed by atoms with Crippen molar-refractivity contribution in [3.63, 3.8) is 0 Å². The van der Waals surface area contributed by atoms with Crippen LogP contribution in [0.25, 0.3) is 0 Å². The molecule has 3 N–H and O–H groups in total. The number of carbonyl (C=O) groups excluding carboxylic acids is 2. The minimum Gasteiger partial charge on any atom is -0.453 e. The quantitative estimate of drug-likeness (QED) is 0.881. The van der Waals surface area contributed by atoms with E-state index in [0.717, 1.165) is 0 Å². The first-order valence-electron chi connectivity index (χ1n) is 6.63. The Balaban J connectivity index is 2.11. The molecule has 2 rings (SSSR count). The van der Waals surface area contributed by atoms with Crippen LogP contribution >= 0.6 is 0 Å². The normalized spacial score (nSPS) is 17.1. The molecule has 1 aliphatic rings. The standard InChI is InChI=1S/C14H18FN3O3/c1-21-13(20)18-8-6-14(7-9-18,12(16)19)17-11-4-2-10(15)3-5-11/h2-5,17H,6-9H2,1H3,(H2,16,19). The second-order valence-corrected chi connectivity index (χ2v) is 5.04. The Morgan fingerprint density at radius 1 is 1.29 bits per heavy atom. The molecule has 2 amide bonds. The number of hydrogen-bond acceptors (Lipinski definition) is 4. The number of nitrogens with zero attached hydrogens (tertiary/aromatic N) is 1. The monoisotopic (exact) mass is 295 g/mol. The number of nitrogens with two attached hydrogens (primary N) is 1. The minimum absolute atomic E-state index is 0.353. The van der Waals surface area contributed by atoms with Crippen molar-refractivity contribution in [1.82, 2.24) is 4.90 Å². The number of piperidine rings is 1. The number of hydrogen-bond donors (Lipinski definition) is 2. The highest BCUT2D eigenvalue weighted by molar-refractivity contribution is 5.88. The van der Waals surface area contributed by atoms with Crippen molar-refractivity contribution in [3.05, 3.63) is 30.1 Å². The molecule has 0 saturated carbocycles. The second-order valence-electron chi connectivity index (χ2n) is 5.04. The van der Waals surface area contributed by atoms with E-state index in [1.54, 1.807) is 12.1 Å². The molecule has 0 atom stereocenters. The summed E-state index contributed by atoms with van der Waals surface area (Å²) in [6.07, 6.45) is 0.318. The largest absolute Gasteiger partial charge is 0.453 e. The fourth-order valence-electron chi connectivity index (χ4n) is 2.44. The van der Waals surface area contributed by atoms with Crippen molar-refractivity contribution in [2.75, 3.05) is 25.5 Å². The third-order valence-corrected chi connectivity index (χ3v) is 3.75. The number of rotatable bonds is 3. The van der Waals surface area contributed by atoms with E-state index in [4.69, 9.17) is 5.73 Å². The van der Waals surface area contributed by atoms with Gasteiger partial charge in [-0.1, -0.05) is 0 Å². The molecular weight excluding hydrogens is 277 g/mol. The van der Waals surface area contributed by atoms with Crippen LogP contribution in [0.3, 0.4) is 0 Å². The first-order chi connectivity index (χ1) is 9.97. The zero-order chi connectivity index (χ0) is 15.5. The van der Waals surface area contributed by atoms with Gasteiger partial charge >= 0.3 is 6.09 Å². The van der Waals surface area contributed by atoms with E-state index in [1.165, 1.54) is 24.1 Å². The molecule has 7 heteroatoms. The summed E-state index contributed by atoms with van der Waals surface area (Å²) >= 11 is 0. The summed E-state index contributed by atoms with van der Waals surface area (Å²) in [7, 11) is 1.31. The van der Waals surface area contributed by atoms with E-state index >= 15 is 0 Å². The van der Waals surface area contributed by atoms with Gasteiger partial charge in [0.2, 0.25) is 5.91 Å². The molecular formula is C14H18FN3O3. The molecule has 1 fully saturated rings. The average Bonchev–Trinajstić information content (AvgIpc) is 2.49. The van der Waals surface area contributed by atoms with Gasteiger partial charge in [0, 0.05) is 18.8 Å². The van der Waals surface area contributed by atoms with Crippen LogP contribution in [0.15, 0.2) is 24.3 Å². The first-order valence-corrected chi connectivity index (χ1v) is 6.63. The zero-order valence-electron chi connectivity index (χ0n) is 11.8. The summed E-state index contributed by atoms with van der Waals surface area (Å²) in [5, 5.41) is 3.08. The first kappa shape index (κ1) is 15.1. The predicted molar refractivity (Wildman–Crippen MR) is 75.2 cm³/mol. The molecule has 0 unspecified atom stereocenters.